The van der Waals surface area contributed by atoms with Crippen LogP contribution in [0, 0.1) is 0 Å². The van der Waals surface area contributed by atoms with Crippen LogP contribution in [-0.2, 0) is 0 Å². The molecule has 0 aliphatic rings. The molecule has 0 amide bonds. The molecule has 0 spiro atoms. The maximum absolute atomic E-state index is 6.18. The lowest BCUT2D eigenvalue weighted by atomic mass is 10.2. The van der Waals surface area contributed by atoms with E-state index in [4.69, 9.17) is 16.5 Å². The average Bonchev–Trinajstić information content (AvgIpc) is 2.64. The molecule has 0 fully saturated rings. The van der Waals surface area contributed by atoms with Crippen LogP contribution < -0.4 is 4.74 Å². The molecule has 0 unspecified atom stereocenters. The fraction of sp³-hybridized carbons (Fsp3) is 0.0909. The normalized spacial score (nSPS) is 11.1. The smallest absolute Gasteiger partial charge is 0.119 e. The van der Waals surface area contributed by atoms with Crippen LogP contribution in [0.3, 0.4) is 0 Å². The lowest BCUT2D eigenvalue weighted by Crippen LogP contribution is -1.82. The topological polar surface area (TPSA) is 39.9 Å². The zero-order valence-electron chi connectivity index (χ0n) is 8.51. The minimum absolute atomic E-state index is 0.787. The molecule has 5 heteroatoms. The van der Waals surface area contributed by atoms with Gasteiger partial charge in [-0.1, -0.05) is 0 Å². The SMILES string of the molecule is COc1ccc2c(c1)c1ncncc1n2Cl. The molecule has 0 saturated carbocycles. The summed E-state index contributed by atoms with van der Waals surface area (Å²) in [6.45, 7) is 0. The van der Waals surface area contributed by atoms with Crippen LogP contribution in [0.4, 0.5) is 0 Å². The van der Waals surface area contributed by atoms with Gasteiger partial charge in [0.1, 0.15) is 23.1 Å². The van der Waals surface area contributed by atoms with Crippen molar-refractivity contribution in [2.75, 3.05) is 7.11 Å². The van der Waals surface area contributed by atoms with E-state index in [0.29, 0.717) is 0 Å². The molecule has 3 aromatic rings. The van der Waals surface area contributed by atoms with Crippen LogP contribution in [0.5, 0.6) is 5.75 Å². The summed E-state index contributed by atoms with van der Waals surface area (Å²) in [6, 6.07) is 5.69. The standard InChI is InChI=1S/C11H8ClN3O/c1-16-7-2-3-9-8(4-7)11-10(15(9)12)5-13-6-14-11/h2-6H,1H3. The van der Waals surface area contributed by atoms with Gasteiger partial charge in [0.2, 0.25) is 0 Å². The van der Waals surface area contributed by atoms with Crippen LogP contribution >= 0.6 is 11.8 Å². The molecular weight excluding hydrogens is 226 g/mol. The van der Waals surface area contributed by atoms with Gasteiger partial charge in [-0.3, -0.25) is 0 Å². The number of fused-ring (bicyclic) bond motifs is 3. The number of nitrogens with zero attached hydrogens (tertiary/aromatic N) is 3. The van der Waals surface area contributed by atoms with Gasteiger partial charge in [0.25, 0.3) is 0 Å². The molecule has 0 aliphatic heterocycles. The summed E-state index contributed by atoms with van der Waals surface area (Å²) < 4.78 is 6.74. The maximum Gasteiger partial charge on any atom is 0.119 e. The highest BCUT2D eigenvalue weighted by molar-refractivity contribution is 6.25. The third kappa shape index (κ3) is 1.17. The molecule has 1 aromatic carbocycles. The Morgan fingerprint density at radius 1 is 1.31 bits per heavy atom. The van der Waals surface area contributed by atoms with Crippen molar-refractivity contribution in [1.29, 1.82) is 0 Å². The summed E-state index contributed by atoms with van der Waals surface area (Å²) in [5.41, 5.74) is 2.53. The van der Waals surface area contributed by atoms with Crippen LogP contribution in [0.25, 0.3) is 21.9 Å². The number of hydrogen-bond donors (Lipinski definition) is 0. The number of halogens is 1. The predicted octanol–water partition coefficient (Wildman–Crippen LogP) is 2.60. The molecule has 0 aliphatic carbocycles. The molecule has 0 radical (unpaired) electrons. The molecule has 0 saturated heterocycles. The minimum Gasteiger partial charge on any atom is -0.497 e. The number of rotatable bonds is 1. The van der Waals surface area contributed by atoms with Gasteiger partial charge in [-0.25, -0.2) is 14.1 Å². The number of aromatic nitrogens is 3. The van der Waals surface area contributed by atoms with Gasteiger partial charge in [0.15, 0.2) is 0 Å². The van der Waals surface area contributed by atoms with Gasteiger partial charge < -0.3 is 4.74 Å². The lowest BCUT2D eigenvalue weighted by Gasteiger charge is -1.98. The van der Waals surface area contributed by atoms with Gasteiger partial charge >= 0.3 is 0 Å². The summed E-state index contributed by atoms with van der Waals surface area (Å²) in [5.74, 6) is 0.787. The van der Waals surface area contributed by atoms with E-state index in [1.807, 2.05) is 18.2 Å². The van der Waals surface area contributed by atoms with E-state index in [-0.39, 0.29) is 0 Å². The van der Waals surface area contributed by atoms with E-state index in [9.17, 15) is 0 Å². The Hall–Kier alpha value is -1.81. The van der Waals surface area contributed by atoms with E-state index < -0.39 is 0 Å². The number of methoxy groups -OCH3 is 1. The van der Waals surface area contributed by atoms with Crippen molar-refractivity contribution >= 4 is 33.7 Å². The molecule has 80 valence electrons. The Morgan fingerprint density at radius 2 is 2.19 bits per heavy atom. The molecule has 16 heavy (non-hydrogen) atoms. The molecule has 2 aromatic heterocycles. The fourth-order valence-corrected chi connectivity index (χ4v) is 2.08. The Balaban J connectivity index is 2.52. The monoisotopic (exact) mass is 233 g/mol. The number of hydrogen-bond acceptors (Lipinski definition) is 3. The van der Waals surface area contributed by atoms with Crippen LogP contribution in [0.15, 0.2) is 30.7 Å². The summed E-state index contributed by atoms with van der Waals surface area (Å²) in [5, 5.41) is 0.965. The Morgan fingerprint density at radius 3 is 3.00 bits per heavy atom. The predicted molar refractivity (Wildman–Crippen MR) is 62.8 cm³/mol. The summed E-state index contributed by atoms with van der Waals surface area (Å²) in [7, 11) is 1.63. The molecule has 0 N–H and O–H groups in total. The van der Waals surface area contributed by atoms with E-state index >= 15 is 0 Å². The van der Waals surface area contributed by atoms with Crippen molar-refractivity contribution in [3.05, 3.63) is 30.7 Å². The van der Waals surface area contributed by atoms with Gasteiger partial charge in [-0.2, -0.15) is 0 Å². The zero-order valence-corrected chi connectivity index (χ0v) is 9.27. The third-order valence-electron chi connectivity index (χ3n) is 2.57. The maximum atomic E-state index is 6.18. The first-order valence-electron chi connectivity index (χ1n) is 4.75. The quantitative estimate of drug-likeness (QED) is 0.649. The second-order valence-electron chi connectivity index (χ2n) is 3.42. The van der Waals surface area contributed by atoms with Crippen molar-refractivity contribution in [2.24, 2.45) is 0 Å². The van der Waals surface area contributed by atoms with Crippen LogP contribution in [-0.4, -0.2) is 21.2 Å². The van der Waals surface area contributed by atoms with Gasteiger partial charge in [0, 0.05) is 17.2 Å². The number of ether oxygens (including phenoxy) is 1. The highest BCUT2D eigenvalue weighted by atomic mass is 35.5. The first-order valence-corrected chi connectivity index (χ1v) is 5.09. The van der Waals surface area contributed by atoms with Crippen molar-refractivity contribution < 1.29 is 4.74 Å². The van der Waals surface area contributed by atoms with Crippen LogP contribution in [0.2, 0.25) is 0 Å². The molecule has 2 heterocycles. The van der Waals surface area contributed by atoms with Crippen LogP contribution in [0.1, 0.15) is 0 Å². The molecule has 0 atom stereocenters. The van der Waals surface area contributed by atoms with Crippen molar-refractivity contribution in [1.82, 2.24) is 14.1 Å². The highest BCUT2D eigenvalue weighted by Gasteiger charge is 2.10. The fourth-order valence-electron chi connectivity index (χ4n) is 1.81. The molecule has 4 nitrogen and oxygen atoms in total. The molecular formula is C11H8ClN3O. The van der Waals surface area contributed by atoms with Crippen molar-refractivity contribution in [3.8, 4) is 5.75 Å². The summed E-state index contributed by atoms with van der Waals surface area (Å²) in [4.78, 5) is 8.20. The van der Waals surface area contributed by atoms with Gasteiger partial charge in [0.05, 0.1) is 18.8 Å². The van der Waals surface area contributed by atoms with Crippen molar-refractivity contribution in [3.63, 3.8) is 0 Å². The average molecular weight is 234 g/mol. The van der Waals surface area contributed by atoms with E-state index in [1.165, 1.54) is 6.33 Å². The van der Waals surface area contributed by atoms with Gasteiger partial charge in [-0.05, 0) is 18.2 Å². The lowest BCUT2D eigenvalue weighted by molar-refractivity contribution is 0.415. The minimum atomic E-state index is 0.787. The Kier molecular flexibility index (Phi) is 1.97. The first-order chi connectivity index (χ1) is 7.81. The van der Waals surface area contributed by atoms with E-state index in [2.05, 4.69) is 9.97 Å². The second kappa shape index (κ2) is 3.35. The Bertz CT molecular complexity index is 677. The van der Waals surface area contributed by atoms with E-state index in [0.717, 1.165) is 27.7 Å². The van der Waals surface area contributed by atoms with Gasteiger partial charge in [-0.15, -0.1) is 0 Å². The summed E-state index contributed by atoms with van der Waals surface area (Å²) >= 11 is 6.18. The zero-order chi connectivity index (χ0) is 11.1. The second-order valence-corrected chi connectivity index (χ2v) is 3.76. The largest absolute Gasteiger partial charge is 0.497 e. The molecule has 3 rings (SSSR count). The Labute approximate surface area is 96.5 Å². The number of benzene rings is 1. The highest BCUT2D eigenvalue weighted by Crippen LogP contribution is 2.30. The summed E-state index contributed by atoms with van der Waals surface area (Å²) in [6.07, 6.45) is 3.21. The van der Waals surface area contributed by atoms with Crippen molar-refractivity contribution in [2.45, 2.75) is 0 Å². The molecule has 0 bridgehead atoms. The third-order valence-corrected chi connectivity index (χ3v) is 2.94. The van der Waals surface area contributed by atoms with E-state index in [1.54, 1.807) is 17.4 Å². The first kappa shape index (κ1) is 9.42.